The molecule has 0 radical (unpaired) electrons. The van der Waals surface area contributed by atoms with Crippen LogP contribution >= 0.6 is 0 Å². The van der Waals surface area contributed by atoms with E-state index in [1.807, 2.05) is 0 Å². The second-order valence-corrected chi connectivity index (χ2v) is 5.56. The fourth-order valence-electron chi connectivity index (χ4n) is 1.79. The van der Waals surface area contributed by atoms with Crippen molar-refractivity contribution in [3.8, 4) is 5.75 Å². The van der Waals surface area contributed by atoms with Crippen LogP contribution in [0.5, 0.6) is 5.75 Å². The van der Waals surface area contributed by atoms with Crippen LogP contribution in [0.15, 0.2) is 18.2 Å². The Hall–Kier alpha value is -2.44. The van der Waals surface area contributed by atoms with Crippen LogP contribution in [-0.2, 0) is 20.7 Å². The largest absolute Gasteiger partial charge is 0.481 e. The average molecular weight is 309 g/mol. The van der Waals surface area contributed by atoms with Crippen LogP contribution in [0.25, 0.3) is 0 Å². The van der Waals surface area contributed by atoms with Gasteiger partial charge in [0, 0.05) is 12.0 Å². The molecule has 1 aromatic carbocycles. The van der Waals surface area contributed by atoms with Gasteiger partial charge in [0.1, 0.15) is 5.60 Å². The monoisotopic (exact) mass is 309 g/mol. The van der Waals surface area contributed by atoms with Crippen molar-refractivity contribution in [3.05, 3.63) is 33.9 Å². The maximum Gasteiger partial charge on any atom is 0.374 e. The molecule has 7 nitrogen and oxygen atoms in total. The summed E-state index contributed by atoms with van der Waals surface area (Å²) in [5, 5.41) is 11.3. The van der Waals surface area contributed by atoms with Crippen LogP contribution in [-0.4, -0.2) is 28.9 Å². The minimum absolute atomic E-state index is 0.0617. The number of hydrogen-bond donors (Lipinski definition) is 0. The van der Waals surface area contributed by atoms with Crippen LogP contribution in [0.3, 0.4) is 0 Å². The van der Waals surface area contributed by atoms with E-state index in [4.69, 9.17) is 4.74 Å². The molecule has 0 spiro atoms. The van der Waals surface area contributed by atoms with Crippen molar-refractivity contribution < 1.29 is 24.0 Å². The number of carbonyl (C=O) groups excluding carboxylic acids is 2. The Balaban J connectivity index is 3.15. The zero-order valence-corrected chi connectivity index (χ0v) is 13.0. The van der Waals surface area contributed by atoms with Gasteiger partial charge in [0.25, 0.3) is 0 Å². The Bertz CT molecular complexity index is 588. The summed E-state index contributed by atoms with van der Waals surface area (Å²) in [5.41, 5.74) is -0.825. The van der Waals surface area contributed by atoms with Gasteiger partial charge in [0.15, 0.2) is 5.75 Å². The van der Waals surface area contributed by atoms with Gasteiger partial charge in [0.05, 0.1) is 11.5 Å². The highest BCUT2D eigenvalue weighted by atomic mass is 16.6. The number of ketones is 1. The number of nitro groups is 1. The first kappa shape index (κ1) is 17.6. The maximum atomic E-state index is 11.7. The lowest BCUT2D eigenvalue weighted by atomic mass is 10.1. The predicted molar refractivity (Wildman–Crippen MR) is 78.8 cm³/mol. The fourth-order valence-corrected chi connectivity index (χ4v) is 1.79. The summed E-state index contributed by atoms with van der Waals surface area (Å²) in [6.45, 7) is 6.92. The number of para-hydroxylation sites is 1. The first-order valence-electron chi connectivity index (χ1n) is 6.81. The summed E-state index contributed by atoms with van der Waals surface area (Å²) in [6.07, 6.45) is -0.406. The molecule has 0 saturated heterocycles. The molecule has 1 rings (SSSR count). The summed E-state index contributed by atoms with van der Waals surface area (Å²) in [4.78, 5) is 33.8. The molecule has 0 aliphatic carbocycles. The molecular weight excluding hydrogens is 290 g/mol. The van der Waals surface area contributed by atoms with Gasteiger partial charge >= 0.3 is 11.7 Å². The number of esters is 1. The van der Waals surface area contributed by atoms with Crippen LogP contribution in [0.1, 0.15) is 33.3 Å². The van der Waals surface area contributed by atoms with Gasteiger partial charge < -0.3 is 9.47 Å². The van der Waals surface area contributed by atoms with E-state index in [2.05, 4.69) is 4.74 Å². The van der Waals surface area contributed by atoms with Crippen molar-refractivity contribution >= 4 is 17.4 Å². The van der Waals surface area contributed by atoms with E-state index in [0.717, 1.165) is 0 Å². The third-order valence-electron chi connectivity index (χ3n) is 2.54. The molecule has 0 N–H and O–H groups in total. The number of hydrogen-bond acceptors (Lipinski definition) is 6. The molecular formula is C15H19NO6. The smallest absolute Gasteiger partial charge is 0.374 e. The number of ether oxygens (including phenoxy) is 2. The van der Waals surface area contributed by atoms with Crippen LogP contribution < -0.4 is 4.74 Å². The van der Waals surface area contributed by atoms with Crippen molar-refractivity contribution in [1.82, 2.24) is 0 Å². The molecule has 7 heteroatoms. The number of Topliss-reactive ketones (excluding diaryl/α,β-unsaturated/α-hetero) is 1. The van der Waals surface area contributed by atoms with Gasteiger partial charge in [-0.25, -0.2) is 4.79 Å². The molecule has 0 aliphatic rings. The van der Waals surface area contributed by atoms with Crippen molar-refractivity contribution in [2.45, 2.75) is 39.7 Å². The van der Waals surface area contributed by atoms with E-state index in [0.29, 0.717) is 0 Å². The van der Waals surface area contributed by atoms with Crippen molar-refractivity contribution in [2.24, 2.45) is 0 Å². The second-order valence-electron chi connectivity index (χ2n) is 5.56. The van der Waals surface area contributed by atoms with E-state index >= 15 is 0 Å². The topological polar surface area (TPSA) is 95.7 Å². The van der Waals surface area contributed by atoms with Crippen molar-refractivity contribution in [1.29, 1.82) is 0 Å². The van der Waals surface area contributed by atoms with Crippen LogP contribution in [0, 0.1) is 10.1 Å². The predicted octanol–water partition coefficient (Wildman–Crippen LogP) is 2.45. The number of rotatable bonds is 6. The summed E-state index contributed by atoms with van der Waals surface area (Å²) < 4.78 is 10.2. The summed E-state index contributed by atoms with van der Waals surface area (Å²) >= 11 is 0. The van der Waals surface area contributed by atoms with Crippen LogP contribution in [0.4, 0.5) is 5.69 Å². The quantitative estimate of drug-likeness (QED) is 0.346. The van der Waals surface area contributed by atoms with Crippen molar-refractivity contribution in [3.63, 3.8) is 0 Å². The Labute approximate surface area is 128 Å². The van der Waals surface area contributed by atoms with Gasteiger partial charge in [-0.2, -0.15) is 0 Å². The molecule has 1 aromatic rings. The minimum atomic E-state index is -1.00. The summed E-state index contributed by atoms with van der Waals surface area (Å²) in [5.74, 6) is -1.77. The summed E-state index contributed by atoms with van der Waals surface area (Å²) in [6, 6.07) is 4.42. The third kappa shape index (κ3) is 4.83. The Morgan fingerprint density at radius 3 is 2.41 bits per heavy atom. The molecule has 22 heavy (non-hydrogen) atoms. The SMILES string of the molecule is CCOC(=O)C(=O)Cc1cccc(OC(C)(C)C)c1[N+](=O)[O-]. The standard InChI is InChI=1S/C15H19NO6/c1-5-21-14(18)11(17)9-10-7-6-8-12(13(10)16(19)20)22-15(2,3)4/h6-8H,5,9H2,1-4H3. The molecule has 0 amide bonds. The molecule has 0 aliphatic heterocycles. The van der Waals surface area contributed by atoms with Gasteiger partial charge in [-0.05, 0) is 33.8 Å². The Morgan fingerprint density at radius 2 is 1.91 bits per heavy atom. The van der Waals surface area contributed by atoms with Crippen LogP contribution in [0.2, 0.25) is 0 Å². The lowest BCUT2D eigenvalue weighted by Gasteiger charge is -2.21. The van der Waals surface area contributed by atoms with E-state index < -0.39 is 28.7 Å². The van der Waals surface area contributed by atoms with E-state index in [1.54, 1.807) is 33.8 Å². The second kappa shape index (κ2) is 7.02. The zero-order valence-electron chi connectivity index (χ0n) is 13.0. The molecule has 0 fully saturated rings. The fraction of sp³-hybridized carbons (Fsp3) is 0.467. The van der Waals surface area contributed by atoms with Gasteiger partial charge in [-0.1, -0.05) is 12.1 Å². The third-order valence-corrected chi connectivity index (χ3v) is 2.54. The molecule has 0 saturated carbocycles. The van der Waals surface area contributed by atoms with E-state index in [9.17, 15) is 19.7 Å². The lowest BCUT2D eigenvalue weighted by Crippen LogP contribution is -2.24. The number of carbonyl (C=O) groups is 2. The van der Waals surface area contributed by atoms with E-state index in [1.165, 1.54) is 12.1 Å². The average Bonchev–Trinajstić information content (AvgIpc) is 2.36. The zero-order chi connectivity index (χ0) is 16.9. The number of nitrogens with zero attached hydrogens (tertiary/aromatic N) is 1. The molecule has 0 aromatic heterocycles. The Kier molecular flexibility index (Phi) is 5.62. The molecule has 0 atom stereocenters. The lowest BCUT2D eigenvalue weighted by molar-refractivity contribution is -0.386. The normalized spacial score (nSPS) is 10.9. The highest BCUT2D eigenvalue weighted by molar-refractivity contribution is 6.34. The number of nitro benzene ring substituents is 1. The van der Waals surface area contributed by atoms with Crippen molar-refractivity contribution in [2.75, 3.05) is 6.61 Å². The molecule has 120 valence electrons. The molecule has 0 unspecified atom stereocenters. The number of benzene rings is 1. The first-order valence-corrected chi connectivity index (χ1v) is 6.81. The maximum absolute atomic E-state index is 11.7. The Morgan fingerprint density at radius 1 is 1.27 bits per heavy atom. The molecule has 0 bridgehead atoms. The van der Waals surface area contributed by atoms with Gasteiger partial charge in [0.2, 0.25) is 5.78 Å². The minimum Gasteiger partial charge on any atom is -0.481 e. The highest BCUT2D eigenvalue weighted by Crippen LogP contribution is 2.33. The van der Waals surface area contributed by atoms with Gasteiger partial charge in [-0.15, -0.1) is 0 Å². The highest BCUT2D eigenvalue weighted by Gasteiger charge is 2.27. The summed E-state index contributed by atoms with van der Waals surface area (Å²) in [7, 11) is 0. The molecule has 0 heterocycles. The first-order chi connectivity index (χ1) is 10.2. The van der Waals surface area contributed by atoms with Gasteiger partial charge in [-0.3, -0.25) is 14.9 Å². The van der Waals surface area contributed by atoms with E-state index in [-0.39, 0.29) is 23.6 Å².